The number of sulfonamides is 1. The Kier molecular flexibility index (Phi) is 5.97. The van der Waals surface area contributed by atoms with Gasteiger partial charge in [0, 0.05) is 18.5 Å². The van der Waals surface area contributed by atoms with Gasteiger partial charge in [-0.25, -0.2) is 8.42 Å². The van der Waals surface area contributed by atoms with Crippen molar-refractivity contribution in [3.63, 3.8) is 0 Å². The summed E-state index contributed by atoms with van der Waals surface area (Å²) in [4.78, 5) is 12.9. The number of carbonyl (C=O) groups excluding carboxylic acids is 1. The Morgan fingerprint density at radius 1 is 1.04 bits per heavy atom. The molecular weight excluding hydrogens is 360 g/mol. The lowest BCUT2D eigenvalue weighted by atomic mass is 9.85. The number of rotatable bonds is 6. The summed E-state index contributed by atoms with van der Waals surface area (Å²) < 4.78 is 25.2. The molecule has 0 saturated carbocycles. The average Bonchev–Trinajstić information content (AvgIpc) is 3.14. The molecule has 0 spiro atoms. The number of hydrogen-bond donors (Lipinski definition) is 1. The third-order valence-electron chi connectivity index (χ3n) is 5.12. The van der Waals surface area contributed by atoms with Gasteiger partial charge in [0.25, 0.3) is 0 Å². The molecule has 1 fully saturated rings. The van der Waals surface area contributed by atoms with Gasteiger partial charge in [-0.2, -0.15) is 4.31 Å². The van der Waals surface area contributed by atoms with E-state index in [0.29, 0.717) is 19.4 Å². The van der Waals surface area contributed by atoms with Crippen molar-refractivity contribution in [2.45, 2.75) is 37.8 Å². The van der Waals surface area contributed by atoms with E-state index in [1.54, 1.807) is 0 Å². The molecule has 2 unspecified atom stereocenters. The van der Waals surface area contributed by atoms with Crippen LogP contribution in [0.1, 0.15) is 36.8 Å². The first-order valence-electron chi connectivity index (χ1n) is 9.25. The first-order valence-corrected chi connectivity index (χ1v) is 11.1. The molecule has 6 heteroatoms. The molecule has 5 nitrogen and oxygen atoms in total. The van der Waals surface area contributed by atoms with Crippen LogP contribution in [0.5, 0.6) is 0 Å². The predicted octanol–water partition coefficient (Wildman–Crippen LogP) is 2.75. The fourth-order valence-electron chi connectivity index (χ4n) is 3.89. The van der Waals surface area contributed by atoms with Crippen LogP contribution in [0.4, 0.5) is 0 Å². The van der Waals surface area contributed by atoms with Gasteiger partial charge < -0.3 is 5.32 Å². The Bertz CT molecular complexity index is 829. The Labute approximate surface area is 161 Å². The topological polar surface area (TPSA) is 66.5 Å². The van der Waals surface area contributed by atoms with Crippen molar-refractivity contribution in [2.24, 2.45) is 0 Å². The molecule has 1 amide bonds. The fourth-order valence-corrected chi connectivity index (χ4v) is 5.02. The summed E-state index contributed by atoms with van der Waals surface area (Å²) in [5.41, 5.74) is 2.23. The van der Waals surface area contributed by atoms with Crippen molar-refractivity contribution in [3.8, 4) is 0 Å². The molecule has 0 radical (unpaired) electrons. The van der Waals surface area contributed by atoms with Crippen molar-refractivity contribution >= 4 is 15.9 Å². The summed E-state index contributed by atoms with van der Waals surface area (Å²) >= 11 is 0. The number of carbonyl (C=O) groups is 1. The van der Waals surface area contributed by atoms with E-state index < -0.39 is 16.1 Å². The highest BCUT2D eigenvalue weighted by Gasteiger charge is 2.37. The van der Waals surface area contributed by atoms with Crippen molar-refractivity contribution < 1.29 is 13.2 Å². The summed E-state index contributed by atoms with van der Waals surface area (Å²) in [7, 11) is -3.38. The van der Waals surface area contributed by atoms with Crippen molar-refractivity contribution in [1.82, 2.24) is 9.62 Å². The Morgan fingerprint density at radius 3 is 2.04 bits per heavy atom. The standard InChI is InChI=1S/C21H26N2O3S/c1-16(22-21(24)19-14-9-15-23(19)27(2,25)26)20(17-10-5-3-6-11-17)18-12-7-4-8-13-18/h3-8,10-13,16,19-20H,9,14-15H2,1-2H3,(H,22,24). The van der Waals surface area contributed by atoms with Crippen LogP contribution in [0.2, 0.25) is 0 Å². The van der Waals surface area contributed by atoms with Gasteiger partial charge in [-0.05, 0) is 30.9 Å². The summed E-state index contributed by atoms with van der Waals surface area (Å²) in [6.07, 6.45) is 2.44. The van der Waals surface area contributed by atoms with E-state index in [2.05, 4.69) is 29.6 Å². The van der Waals surface area contributed by atoms with Crippen molar-refractivity contribution in [2.75, 3.05) is 12.8 Å². The van der Waals surface area contributed by atoms with E-state index in [-0.39, 0.29) is 17.9 Å². The van der Waals surface area contributed by atoms with Crippen LogP contribution in [-0.2, 0) is 14.8 Å². The highest BCUT2D eigenvalue weighted by atomic mass is 32.2. The normalized spacial score (nSPS) is 19.1. The molecule has 1 aliphatic heterocycles. The smallest absolute Gasteiger partial charge is 0.238 e. The molecule has 1 aliphatic rings. The lowest BCUT2D eigenvalue weighted by molar-refractivity contribution is -0.124. The molecule has 1 heterocycles. The Hall–Kier alpha value is -2.18. The number of amides is 1. The summed E-state index contributed by atoms with van der Waals surface area (Å²) in [6.45, 7) is 2.38. The molecule has 0 bridgehead atoms. The molecule has 1 N–H and O–H groups in total. The molecule has 2 atom stereocenters. The number of benzene rings is 2. The Morgan fingerprint density at radius 2 is 1.56 bits per heavy atom. The molecule has 1 saturated heterocycles. The Balaban J connectivity index is 1.83. The zero-order chi connectivity index (χ0) is 19.4. The second-order valence-electron chi connectivity index (χ2n) is 7.13. The first kappa shape index (κ1) is 19.6. The first-order chi connectivity index (χ1) is 12.9. The molecule has 27 heavy (non-hydrogen) atoms. The van der Waals surface area contributed by atoms with Crippen LogP contribution in [0.15, 0.2) is 60.7 Å². The second kappa shape index (κ2) is 8.23. The quantitative estimate of drug-likeness (QED) is 0.830. The van der Waals surface area contributed by atoms with Crippen LogP contribution >= 0.6 is 0 Å². The third-order valence-corrected chi connectivity index (χ3v) is 6.41. The summed E-state index contributed by atoms with van der Waals surface area (Å²) in [5, 5.41) is 3.08. The lowest BCUT2D eigenvalue weighted by Crippen LogP contribution is -2.49. The van der Waals surface area contributed by atoms with E-state index in [1.807, 2.05) is 43.3 Å². The highest BCUT2D eigenvalue weighted by molar-refractivity contribution is 7.88. The maximum absolute atomic E-state index is 12.9. The molecule has 0 aliphatic carbocycles. The van der Waals surface area contributed by atoms with E-state index in [4.69, 9.17) is 0 Å². The largest absolute Gasteiger partial charge is 0.351 e. The van der Waals surface area contributed by atoms with Gasteiger partial charge in [0.1, 0.15) is 6.04 Å². The van der Waals surface area contributed by atoms with Crippen molar-refractivity contribution in [1.29, 1.82) is 0 Å². The maximum Gasteiger partial charge on any atom is 0.238 e. The number of hydrogen-bond acceptors (Lipinski definition) is 3. The molecule has 144 valence electrons. The summed E-state index contributed by atoms with van der Waals surface area (Å²) in [5.74, 6) is -0.230. The van der Waals surface area contributed by atoms with Gasteiger partial charge in [0.05, 0.1) is 6.26 Å². The van der Waals surface area contributed by atoms with Gasteiger partial charge in [-0.15, -0.1) is 0 Å². The van der Waals surface area contributed by atoms with Crippen LogP contribution in [-0.4, -0.2) is 43.5 Å². The lowest BCUT2D eigenvalue weighted by Gasteiger charge is -2.29. The monoisotopic (exact) mass is 386 g/mol. The second-order valence-corrected chi connectivity index (χ2v) is 9.06. The highest BCUT2D eigenvalue weighted by Crippen LogP contribution is 2.28. The van der Waals surface area contributed by atoms with Crippen LogP contribution in [0.3, 0.4) is 0 Å². The van der Waals surface area contributed by atoms with Crippen LogP contribution in [0, 0.1) is 0 Å². The van der Waals surface area contributed by atoms with E-state index in [1.165, 1.54) is 10.6 Å². The maximum atomic E-state index is 12.9. The average molecular weight is 387 g/mol. The van der Waals surface area contributed by atoms with Gasteiger partial charge in [0.2, 0.25) is 15.9 Å². The van der Waals surface area contributed by atoms with Gasteiger partial charge >= 0.3 is 0 Å². The van der Waals surface area contributed by atoms with Gasteiger partial charge in [0.15, 0.2) is 0 Å². The number of nitrogens with zero attached hydrogens (tertiary/aromatic N) is 1. The molecule has 0 aromatic heterocycles. The third kappa shape index (κ3) is 4.57. The zero-order valence-corrected chi connectivity index (χ0v) is 16.5. The number of nitrogens with one attached hydrogen (secondary N) is 1. The minimum atomic E-state index is -3.38. The predicted molar refractivity (Wildman–Crippen MR) is 107 cm³/mol. The molecule has 2 aromatic rings. The summed E-state index contributed by atoms with van der Waals surface area (Å²) in [6, 6.07) is 19.3. The molecular formula is C21H26N2O3S. The van der Waals surface area contributed by atoms with E-state index in [0.717, 1.165) is 11.1 Å². The van der Waals surface area contributed by atoms with Gasteiger partial charge in [-0.3, -0.25) is 4.79 Å². The SMILES string of the molecule is CC(NC(=O)C1CCCN1S(C)(=O)=O)C(c1ccccc1)c1ccccc1. The van der Waals surface area contributed by atoms with E-state index >= 15 is 0 Å². The fraction of sp³-hybridized carbons (Fsp3) is 0.381. The van der Waals surface area contributed by atoms with Gasteiger partial charge in [-0.1, -0.05) is 60.7 Å². The molecule has 2 aromatic carbocycles. The minimum absolute atomic E-state index is 0.00978. The van der Waals surface area contributed by atoms with Crippen LogP contribution in [0.25, 0.3) is 0 Å². The van der Waals surface area contributed by atoms with E-state index in [9.17, 15) is 13.2 Å². The zero-order valence-electron chi connectivity index (χ0n) is 15.7. The minimum Gasteiger partial charge on any atom is -0.351 e. The van der Waals surface area contributed by atoms with Crippen molar-refractivity contribution in [3.05, 3.63) is 71.8 Å². The molecule has 3 rings (SSSR count). The van der Waals surface area contributed by atoms with Crippen LogP contribution < -0.4 is 5.32 Å².